The number of rotatable bonds is 6. The van der Waals surface area contributed by atoms with E-state index in [1.54, 1.807) is 6.92 Å². The molecule has 0 atom stereocenters. The first-order chi connectivity index (χ1) is 15.1. The predicted molar refractivity (Wildman–Crippen MR) is 121 cm³/mol. The van der Waals surface area contributed by atoms with Crippen molar-refractivity contribution < 1.29 is 22.9 Å². The van der Waals surface area contributed by atoms with E-state index < -0.39 is 26.9 Å². The molecule has 2 aromatic carbocycles. The molecule has 1 heterocycles. The zero-order valence-corrected chi connectivity index (χ0v) is 18.7. The predicted octanol–water partition coefficient (Wildman–Crippen LogP) is 4.38. The van der Waals surface area contributed by atoms with Crippen LogP contribution in [0.1, 0.15) is 15.9 Å². The number of hydrogen-bond donors (Lipinski definition) is 3. The van der Waals surface area contributed by atoms with Gasteiger partial charge in [-0.05, 0) is 48.9 Å². The molecule has 10 nitrogen and oxygen atoms in total. The lowest BCUT2D eigenvalue weighted by atomic mass is 10.1. The van der Waals surface area contributed by atoms with Crippen LogP contribution in [0.4, 0.5) is 21.9 Å². The minimum Gasteiger partial charge on any atom is -0.322 e. The molecule has 166 valence electrons. The first kappa shape index (κ1) is 23.2. The second kappa shape index (κ2) is 9.34. The largest absolute Gasteiger partial charge is 0.333 e. The van der Waals surface area contributed by atoms with Gasteiger partial charge in [0.25, 0.3) is 21.6 Å². The lowest BCUT2D eigenvalue weighted by molar-refractivity contribution is -0.385. The summed E-state index contributed by atoms with van der Waals surface area (Å²) < 4.78 is 26.4. The highest BCUT2D eigenvalue weighted by molar-refractivity contribution is 7.92. The molecule has 0 aliphatic heterocycles. The quantitative estimate of drug-likeness (QED) is 0.342. The molecule has 3 amide bonds. The Morgan fingerprint density at radius 2 is 1.78 bits per heavy atom. The molecule has 3 N–H and O–H groups in total. The minimum atomic E-state index is -4.07. The highest BCUT2D eigenvalue weighted by atomic mass is 35.5. The fourth-order valence-corrected chi connectivity index (χ4v) is 5.06. The van der Waals surface area contributed by atoms with Crippen LogP contribution in [-0.4, -0.2) is 25.3 Å². The van der Waals surface area contributed by atoms with E-state index in [2.05, 4.69) is 10.6 Å². The summed E-state index contributed by atoms with van der Waals surface area (Å²) in [6.07, 6.45) is 0. The van der Waals surface area contributed by atoms with E-state index in [9.17, 15) is 28.1 Å². The maximum Gasteiger partial charge on any atom is 0.333 e. The smallest absolute Gasteiger partial charge is 0.322 e. The Hall–Kier alpha value is -3.48. The van der Waals surface area contributed by atoms with Crippen molar-refractivity contribution in [3.63, 3.8) is 0 Å². The van der Waals surface area contributed by atoms with Crippen molar-refractivity contribution >= 4 is 62.0 Å². The highest BCUT2D eigenvalue weighted by Crippen LogP contribution is 2.26. The number of nitrogens with zero attached hydrogens (tertiary/aromatic N) is 1. The van der Waals surface area contributed by atoms with Gasteiger partial charge in [-0.2, -0.15) is 0 Å². The number of nitro benzene ring substituents is 1. The Morgan fingerprint density at radius 3 is 2.41 bits per heavy atom. The van der Waals surface area contributed by atoms with Crippen LogP contribution in [0.2, 0.25) is 4.34 Å². The molecular formula is C19H15ClN4O6S2. The zero-order chi connectivity index (χ0) is 23.5. The van der Waals surface area contributed by atoms with E-state index in [0.717, 1.165) is 11.3 Å². The molecule has 32 heavy (non-hydrogen) atoms. The Morgan fingerprint density at radius 1 is 1.06 bits per heavy atom. The lowest BCUT2D eigenvalue weighted by Crippen LogP contribution is -2.33. The third-order valence-electron chi connectivity index (χ3n) is 4.12. The first-order valence-corrected chi connectivity index (χ1v) is 11.5. The zero-order valence-electron chi connectivity index (χ0n) is 16.3. The number of thiophene rings is 1. The van der Waals surface area contributed by atoms with Crippen molar-refractivity contribution in [2.24, 2.45) is 0 Å². The Balaban J connectivity index is 1.69. The number of sulfonamides is 1. The van der Waals surface area contributed by atoms with Crippen molar-refractivity contribution in [3.05, 3.63) is 80.2 Å². The Bertz CT molecular complexity index is 1320. The number of anilines is 2. The number of aryl methyl sites for hydroxylation is 1. The van der Waals surface area contributed by atoms with Crippen molar-refractivity contribution in [3.8, 4) is 0 Å². The summed E-state index contributed by atoms with van der Waals surface area (Å²) in [5, 5.41) is 16.1. The summed E-state index contributed by atoms with van der Waals surface area (Å²) in [6, 6.07) is 11.7. The number of benzene rings is 2. The summed E-state index contributed by atoms with van der Waals surface area (Å²) in [4.78, 5) is 35.0. The minimum absolute atomic E-state index is 0.0997. The van der Waals surface area contributed by atoms with Gasteiger partial charge >= 0.3 is 6.03 Å². The highest BCUT2D eigenvalue weighted by Gasteiger charge is 2.21. The van der Waals surface area contributed by atoms with Crippen LogP contribution < -0.4 is 15.4 Å². The van der Waals surface area contributed by atoms with E-state index in [1.807, 2.05) is 4.72 Å². The van der Waals surface area contributed by atoms with E-state index in [-0.39, 0.29) is 25.5 Å². The number of carbonyl (C=O) groups excluding carboxylic acids is 2. The molecule has 0 aliphatic carbocycles. The summed E-state index contributed by atoms with van der Waals surface area (Å²) in [5.74, 6) is -0.667. The number of halogens is 1. The van der Waals surface area contributed by atoms with Gasteiger partial charge in [0.15, 0.2) is 0 Å². The normalized spacial score (nSPS) is 10.9. The van der Waals surface area contributed by atoms with Gasteiger partial charge in [0.2, 0.25) is 0 Å². The van der Waals surface area contributed by atoms with Crippen LogP contribution in [0, 0.1) is 17.0 Å². The van der Waals surface area contributed by atoms with Crippen LogP contribution in [-0.2, 0) is 10.0 Å². The summed E-state index contributed by atoms with van der Waals surface area (Å²) in [6.45, 7) is 1.64. The van der Waals surface area contributed by atoms with Crippen molar-refractivity contribution in [1.29, 1.82) is 0 Å². The monoisotopic (exact) mass is 494 g/mol. The van der Waals surface area contributed by atoms with Gasteiger partial charge in [0.1, 0.15) is 9.77 Å². The van der Waals surface area contributed by atoms with Gasteiger partial charge in [-0.3, -0.25) is 14.9 Å². The molecule has 0 aliphatic rings. The average Bonchev–Trinajstić information content (AvgIpc) is 3.17. The van der Waals surface area contributed by atoms with Gasteiger partial charge < -0.3 is 10.6 Å². The molecule has 0 bridgehead atoms. The van der Waals surface area contributed by atoms with E-state index >= 15 is 0 Å². The number of urea groups is 1. The van der Waals surface area contributed by atoms with Gasteiger partial charge in [-0.25, -0.2) is 17.9 Å². The molecule has 0 radical (unpaired) electrons. The van der Waals surface area contributed by atoms with Crippen LogP contribution in [0.5, 0.6) is 0 Å². The van der Waals surface area contributed by atoms with Gasteiger partial charge in [-0.1, -0.05) is 23.7 Å². The molecule has 0 saturated carbocycles. The van der Waals surface area contributed by atoms with E-state index in [0.29, 0.717) is 11.3 Å². The van der Waals surface area contributed by atoms with Crippen molar-refractivity contribution in [1.82, 2.24) is 4.72 Å². The van der Waals surface area contributed by atoms with Crippen LogP contribution in [0.3, 0.4) is 0 Å². The number of nitro groups is 1. The van der Waals surface area contributed by atoms with E-state index in [4.69, 9.17) is 11.6 Å². The SMILES string of the molecule is Cc1cc(NC(=O)NS(=O)(=O)c2ccc(Cl)s2)ccc1NC(=O)c1ccccc1[N+](=O)[O-]. The van der Waals surface area contributed by atoms with Crippen LogP contribution in [0.15, 0.2) is 58.8 Å². The van der Waals surface area contributed by atoms with Crippen molar-refractivity contribution in [2.75, 3.05) is 10.6 Å². The van der Waals surface area contributed by atoms with Crippen LogP contribution in [0.25, 0.3) is 0 Å². The van der Waals surface area contributed by atoms with Crippen LogP contribution >= 0.6 is 22.9 Å². The number of para-hydroxylation sites is 1. The van der Waals surface area contributed by atoms with Gasteiger partial charge in [0.05, 0.1) is 9.26 Å². The third kappa shape index (κ3) is 5.41. The second-order valence-electron chi connectivity index (χ2n) is 6.38. The topological polar surface area (TPSA) is 148 Å². The second-order valence-corrected chi connectivity index (χ2v) is 10.0. The first-order valence-electron chi connectivity index (χ1n) is 8.81. The maximum atomic E-state index is 12.5. The molecule has 0 saturated heterocycles. The Kier molecular flexibility index (Phi) is 6.77. The third-order valence-corrected chi connectivity index (χ3v) is 7.17. The molecule has 3 aromatic rings. The fraction of sp³-hybridized carbons (Fsp3) is 0.0526. The van der Waals surface area contributed by atoms with Crippen molar-refractivity contribution in [2.45, 2.75) is 11.1 Å². The molecule has 3 rings (SSSR count). The van der Waals surface area contributed by atoms with Gasteiger partial charge in [0, 0.05) is 17.4 Å². The van der Waals surface area contributed by atoms with Gasteiger partial charge in [-0.15, -0.1) is 11.3 Å². The summed E-state index contributed by atoms with van der Waals surface area (Å²) in [7, 11) is -4.07. The number of carbonyl (C=O) groups is 2. The molecule has 0 unspecified atom stereocenters. The maximum absolute atomic E-state index is 12.5. The lowest BCUT2D eigenvalue weighted by Gasteiger charge is -2.12. The fourth-order valence-electron chi connectivity index (χ4n) is 2.67. The number of nitrogens with one attached hydrogen (secondary N) is 3. The Labute approximate surface area is 191 Å². The van der Waals surface area contributed by atoms with E-state index in [1.165, 1.54) is 54.6 Å². The molecule has 1 aromatic heterocycles. The molecule has 0 spiro atoms. The number of amides is 3. The average molecular weight is 495 g/mol. The summed E-state index contributed by atoms with van der Waals surface area (Å²) in [5.41, 5.74) is 0.730. The standard InChI is InChI=1S/C19H15ClN4O6S2/c1-11-10-12(21-19(26)23-32(29,30)17-9-8-16(20)31-17)6-7-14(11)22-18(25)13-4-2-3-5-15(13)24(27)28/h2-10H,1H3,(H,22,25)(H2,21,23,26). The molecule has 13 heteroatoms. The summed E-state index contributed by atoms with van der Waals surface area (Å²) >= 11 is 6.53. The molecular weight excluding hydrogens is 480 g/mol. The molecule has 0 fully saturated rings. The number of hydrogen-bond acceptors (Lipinski definition) is 7.